The Bertz CT molecular complexity index is 128. The number of hydrogen-bond acceptors (Lipinski definition) is 2. The Morgan fingerprint density at radius 2 is 2.25 bits per heavy atom. The van der Waals surface area contributed by atoms with Gasteiger partial charge in [0.25, 0.3) is 0 Å². The molecule has 72 valence electrons. The molecule has 0 heterocycles. The molecule has 0 atom stereocenters. The Morgan fingerprint density at radius 3 is 2.75 bits per heavy atom. The van der Waals surface area contributed by atoms with Gasteiger partial charge in [0, 0.05) is 13.2 Å². The summed E-state index contributed by atoms with van der Waals surface area (Å²) in [6, 6.07) is 0. The van der Waals surface area contributed by atoms with Crippen molar-refractivity contribution >= 4 is 17.5 Å². The Balaban J connectivity index is 3.05. The SMILES string of the molecule is CC(C)OCCCNC(=O)CCl. The number of alkyl halides is 1. The zero-order chi connectivity index (χ0) is 9.40. The van der Waals surface area contributed by atoms with Crippen LogP contribution in [0.3, 0.4) is 0 Å². The van der Waals surface area contributed by atoms with Crippen molar-refractivity contribution in [2.45, 2.75) is 26.4 Å². The first-order valence-electron chi connectivity index (χ1n) is 4.11. The summed E-state index contributed by atoms with van der Waals surface area (Å²) in [6.45, 7) is 5.28. The maximum absolute atomic E-state index is 10.6. The summed E-state index contributed by atoms with van der Waals surface area (Å²) in [5.41, 5.74) is 0. The van der Waals surface area contributed by atoms with E-state index in [0.717, 1.165) is 6.42 Å². The van der Waals surface area contributed by atoms with Gasteiger partial charge in [-0.1, -0.05) is 0 Å². The largest absolute Gasteiger partial charge is 0.379 e. The fourth-order valence-electron chi connectivity index (χ4n) is 0.666. The second-order valence-corrected chi connectivity index (χ2v) is 3.02. The third kappa shape index (κ3) is 7.82. The molecule has 0 aliphatic carbocycles. The smallest absolute Gasteiger partial charge is 0.234 e. The van der Waals surface area contributed by atoms with Gasteiger partial charge in [-0.15, -0.1) is 11.6 Å². The Kier molecular flexibility index (Phi) is 7.20. The summed E-state index contributed by atoms with van der Waals surface area (Å²) in [4.78, 5) is 10.6. The number of ether oxygens (including phenoxy) is 1. The van der Waals surface area contributed by atoms with Crippen molar-refractivity contribution in [3.63, 3.8) is 0 Å². The van der Waals surface area contributed by atoms with E-state index in [1.807, 2.05) is 13.8 Å². The van der Waals surface area contributed by atoms with Gasteiger partial charge in [0.05, 0.1) is 6.10 Å². The minimum atomic E-state index is -0.124. The van der Waals surface area contributed by atoms with Crippen LogP contribution in [0, 0.1) is 0 Å². The van der Waals surface area contributed by atoms with Gasteiger partial charge < -0.3 is 10.1 Å². The van der Waals surface area contributed by atoms with Crippen LogP contribution >= 0.6 is 11.6 Å². The van der Waals surface area contributed by atoms with Crippen LogP contribution in [0.2, 0.25) is 0 Å². The molecule has 3 nitrogen and oxygen atoms in total. The fraction of sp³-hybridized carbons (Fsp3) is 0.875. The van der Waals surface area contributed by atoms with Crippen LogP contribution in [0.4, 0.5) is 0 Å². The van der Waals surface area contributed by atoms with Crippen LogP contribution in [-0.2, 0) is 9.53 Å². The van der Waals surface area contributed by atoms with E-state index in [9.17, 15) is 4.79 Å². The average Bonchev–Trinajstić information content (AvgIpc) is 2.03. The molecule has 0 spiro atoms. The zero-order valence-electron chi connectivity index (χ0n) is 7.60. The normalized spacial score (nSPS) is 10.3. The van der Waals surface area contributed by atoms with Crippen molar-refractivity contribution in [1.29, 1.82) is 0 Å². The van der Waals surface area contributed by atoms with Crippen molar-refractivity contribution in [3.05, 3.63) is 0 Å². The molecular weight excluding hydrogens is 178 g/mol. The predicted octanol–water partition coefficient (Wildman–Crippen LogP) is 1.16. The van der Waals surface area contributed by atoms with Crippen molar-refractivity contribution in [2.24, 2.45) is 0 Å². The van der Waals surface area contributed by atoms with Gasteiger partial charge in [-0.25, -0.2) is 0 Å². The van der Waals surface area contributed by atoms with E-state index in [4.69, 9.17) is 16.3 Å². The van der Waals surface area contributed by atoms with Gasteiger partial charge in [-0.05, 0) is 20.3 Å². The van der Waals surface area contributed by atoms with E-state index in [1.165, 1.54) is 0 Å². The van der Waals surface area contributed by atoms with Gasteiger partial charge in [-0.2, -0.15) is 0 Å². The molecule has 0 rings (SSSR count). The lowest BCUT2D eigenvalue weighted by atomic mass is 10.4. The molecule has 0 fully saturated rings. The molecule has 0 unspecified atom stereocenters. The third-order valence-corrected chi connectivity index (χ3v) is 1.46. The summed E-state index contributed by atoms with van der Waals surface area (Å²) < 4.78 is 5.27. The number of rotatable bonds is 6. The number of hydrogen-bond donors (Lipinski definition) is 1. The van der Waals surface area contributed by atoms with Crippen LogP contribution in [0.5, 0.6) is 0 Å². The predicted molar refractivity (Wildman–Crippen MR) is 49.4 cm³/mol. The lowest BCUT2D eigenvalue weighted by Gasteiger charge is -2.07. The van der Waals surface area contributed by atoms with Crippen LogP contribution in [-0.4, -0.2) is 31.0 Å². The van der Waals surface area contributed by atoms with Crippen LogP contribution in [0.15, 0.2) is 0 Å². The minimum absolute atomic E-state index is 0.0328. The topological polar surface area (TPSA) is 38.3 Å². The molecular formula is C8H16ClNO2. The Hall–Kier alpha value is -0.280. The van der Waals surface area contributed by atoms with Gasteiger partial charge >= 0.3 is 0 Å². The first-order valence-corrected chi connectivity index (χ1v) is 4.64. The van der Waals surface area contributed by atoms with E-state index in [-0.39, 0.29) is 17.9 Å². The molecule has 0 saturated carbocycles. The molecule has 0 radical (unpaired) electrons. The second kappa shape index (κ2) is 7.37. The standard InChI is InChI=1S/C8H16ClNO2/c1-7(2)12-5-3-4-10-8(11)6-9/h7H,3-6H2,1-2H3,(H,10,11). The second-order valence-electron chi connectivity index (χ2n) is 2.76. The molecule has 1 amide bonds. The first-order chi connectivity index (χ1) is 5.66. The van der Waals surface area contributed by atoms with Crippen molar-refractivity contribution < 1.29 is 9.53 Å². The van der Waals surface area contributed by atoms with Gasteiger partial charge in [-0.3, -0.25) is 4.79 Å². The highest BCUT2D eigenvalue weighted by Gasteiger charge is 1.96. The molecule has 12 heavy (non-hydrogen) atoms. The summed E-state index contributed by atoms with van der Waals surface area (Å²) in [6.07, 6.45) is 1.09. The van der Waals surface area contributed by atoms with Gasteiger partial charge in [0.15, 0.2) is 0 Å². The molecule has 0 bridgehead atoms. The Morgan fingerprint density at radius 1 is 1.58 bits per heavy atom. The van der Waals surface area contributed by atoms with Crippen molar-refractivity contribution in [1.82, 2.24) is 5.32 Å². The van der Waals surface area contributed by atoms with E-state index >= 15 is 0 Å². The van der Waals surface area contributed by atoms with E-state index in [2.05, 4.69) is 5.32 Å². The molecule has 0 aliphatic heterocycles. The highest BCUT2D eigenvalue weighted by atomic mass is 35.5. The van der Waals surface area contributed by atoms with Crippen molar-refractivity contribution in [2.75, 3.05) is 19.0 Å². The molecule has 4 heteroatoms. The monoisotopic (exact) mass is 193 g/mol. The van der Waals surface area contributed by atoms with E-state index in [1.54, 1.807) is 0 Å². The highest BCUT2D eigenvalue weighted by Crippen LogP contribution is 1.89. The molecule has 0 aromatic carbocycles. The molecule has 1 N–H and O–H groups in total. The lowest BCUT2D eigenvalue weighted by Crippen LogP contribution is -2.26. The number of halogens is 1. The average molecular weight is 194 g/mol. The minimum Gasteiger partial charge on any atom is -0.379 e. The van der Waals surface area contributed by atoms with Crippen LogP contribution < -0.4 is 5.32 Å². The molecule has 0 saturated heterocycles. The Labute approximate surface area is 78.4 Å². The van der Waals surface area contributed by atoms with Crippen LogP contribution in [0.25, 0.3) is 0 Å². The zero-order valence-corrected chi connectivity index (χ0v) is 8.36. The molecule has 0 aromatic rings. The number of amides is 1. The molecule has 0 aromatic heterocycles. The van der Waals surface area contributed by atoms with Gasteiger partial charge in [0.1, 0.15) is 5.88 Å². The fourth-order valence-corrected chi connectivity index (χ4v) is 0.761. The third-order valence-electron chi connectivity index (χ3n) is 1.22. The summed E-state index contributed by atoms with van der Waals surface area (Å²) in [7, 11) is 0. The summed E-state index contributed by atoms with van der Waals surface area (Å²) in [5, 5.41) is 2.66. The maximum atomic E-state index is 10.6. The summed E-state index contributed by atoms with van der Waals surface area (Å²) in [5.74, 6) is -0.0911. The van der Waals surface area contributed by atoms with E-state index < -0.39 is 0 Å². The molecule has 0 aliphatic rings. The number of carbonyl (C=O) groups is 1. The highest BCUT2D eigenvalue weighted by molar-refractivity contribution is 6.27. The first kappa shape index (κ1) is 11.7. The summed E-state index contributed by atoms with van der Waals surface area (Å²) >= 11 is 5.27. The van der Waals surface area contributed by atoms with Crippen LogP contribution in [0.1, 0.15) is 20.3 Å². The lowest BCUT2D eigenvalue weighted by molar-refractivity contribution is -0.118. The number of carbonyl (C=O) groups excluding carboxylic acids is 1. The maximum Gasteiger partial charge on any atom is 0.234 e. The quantitative estimate of drug-likeness (QED) is 0.508. The van der Waals surface area contributed by atoms with Gasteiger partial charge in [0.2, 0.25) is 5.91 Å². The number of nitrogens with one attached hydrogen (secondary N) is 1. The van der Waals surface area contributed by atoms with E-state index in [0.29, 0.717) is 13.2 Å². The van der Waals surface area contributed by atoms with Crippen molar-refractivity contribution in [3.8, 4) is 0 Å².